The number of benzene rings is 1. The number of hydrogen-bond donors (Lipinski definition) is 2. The van der Waals surface area contributed by atoms with E-state index in [1.807, 2.05) is 31.2 Å². The van der Waals surface area contributed by atoms with Gasteiger partial charge < -0.3 is 15.5 Å². The van der Waals surface area contributed by atoms with Gasteiger partial charge >= 0.3 is 0 Å². The summed E-state index contributed by atoms with van der Waals surface area (Å²) >= 11 is 0. The largest absolute Gasteiger partial charge is 0.348 e. The summed E-state index contributed by atoms with van der Waals surface area (Å²) in [6.45, 7) is 3.54. The molecule has 1 unspecified atom stereocenters. The van der Waals surface area contributed by atoms with Crippen molar-refractivity contribution in [3.05, 3.63) is 29.8 Å². The molecule has 0 aliphatic carbocycles. The third kappa shape index (κ3) is 4.34. The van der Waals surface area contributed by atoms with Crippen LogP contribution in [0.3, 0.4) is 0 Å². The highest BCUT2D eigenvalue weighted by atomic mass is 35.5. The molecule has 1 aromatic carbocycles. The monoisotopic (exact) mass is 429 g/mol. The van der Waals surface area contributed by atoms with E-state index in [-0.39, 0.29) is 37.2 Å². The van der Waals surface area contributed by atoms with Crippen LogP contribution in [0.5, 0.6) is 0 Å². The number of rotatable bonds is 5. The number of sulfone groups is 1. The number of nitrogens with one attached hydrogen (secondary N) is 2. The lowest BCUT2D eigenvalue weighted by Crippen LogP contribution is -2.57. The Hall–Kier alpha value is -1.64. The molecule has 2 N–H and O–H groups in total. The molecule has 0 aromatic heterocycles. The molecule has 2 aliphatic rings. The van der Waals surface area contributed by atoms with Gasteiger partial charge in [-0.15, -0.1) is 12.4 Å². The number of nitrogens with zero attached hydrogens (tertiary/aromatic N) is 1. The van der Waals surface area contributed by atoms with Gasteiger partial charge in [0.1, 0.15) is 0 Å². The Morgan fingerprint density at radius 1 is 1.29 bits per heavy atom. The van der Waals surface area contributed by atoms with Crippen molar-refractivity contribution < 1.29 is 18.0 Å². The number of amides is 2. The Kier molecular flexibility index (Phi) is 7.12. The van der Waals surface area contributed by atoms with E-state index in [0.29, 0.717) is 26.1 Å². The van der Waals surface area contributed by atoms with E-state index in [2.05, 4.69) is 10.6 Å². The molecule has 2 fully saturated rings. The van der Waals surface area contributed by atoms with Crippen molar-refractivity contribution in [3.8, 4) is 0 Å². The lowest BCUT2D eigenvalue weighted by molar-refractivity contribution is -0.125. The van der Waals surface area contributed by atoms with Crippen LogP contribution in [0.1, 0.15) is 44.2 Å². The second-order valence-electron chi connectivity index (χ2n) is 7.46. The number of hydrogen-bond acceptors (Lipinski definition) is 5. The van der Waals surface area contributed by atoms with Crippen molar-refractivity contribution in [2.45, 2.75) is 43.4 Å². The Morgan fingerprint density at radius 2 is 1.96 bits per heavy atom. The van der Waals surface area contributed by atoms with Gasteiger partial charge in [-0.1, -0.05) is 12.1 Å². The van der Waals surface area contributed by atoms with E-state index < -0.39 is 20.5 Å². The molecular formula is C19H28ClN3O4S. The van der Waals surface area contributed by atoms with Crippen LogP contribution in [-0.2, 0) is 19.4 Å². The van der Waals surface area contributed by atoms with Gasteiger partial charge in [0.05, 0.1) is 6.04 Å². The summed E-state index contributed by atoms with van der Waals surface area (Å²) < 4.78 is 23.4. The molecule has 156 valence electrons. The average molecular weight is 430 g/mol. The summed E-state index contributed by atoms with van der Waals surface area (Å²) in [6.07, 6.45) is 3.09. The SMILES string of the molecule is CC(NC(=O)C1(S(C)(=O)=O)CCNCC1)c1cccc(N2CCCC2=O)c1.Cl. The van der Waals surface area contributed by atoms with E-state index in [0.717, 1.165) is 23.9 Å². The van der Waals surface area contributed by atoms with Crippen molar-refractivity contribution in [2.24, 2.45) is 0 Å². The summed E-state index contributed by atoms with van der Waals surface area (Å²) in [7, 11) is -3.55. The Bertz CT molecular complexity index is 837. The Balaban J connectivity index is 0.00000280. The molecule has 0 spiro atoms. The zero-order valence-corrected chi connectivity index (χ0v) is 17.9. The summed E-state index contributed by atoms with van der Waals surface area (Å²) in [6, 6.07) is 7.15. The maximum absolute atomic E-state index is 13.0. The average Bonchev–Trinajstić information content (AvgIpc) is 3.07. The maximum atomic E-state index is 13.0. The minimum atomic E-state index is -3.55. The van der Waals surface area contributed by atoms with E-state index in [9.17, 15) is 18.0 Å². The summed E-state index contributed by atoms with van der Waals surface area (Å²) in [5.41, 5.74) is 1.66. The lowest BCUT2D eigenvalue weighted by Gasteiger charge is -2.35. The highest BCUT2D eigenvalue weighted by Gasteiger charge is 2.48. The molecule has 2 saturated heterocycles. The summed E-state index contributed by atoms with van der Waals surface area (Å²) in [5.74, 6) is -0.337. The molecule has 7 nitrogen and oxygen atoms in total. The third-order valence-corrected chi connectivity index (χ3v) is 7.65. The van der Waals surface area contributed by atoms with E-state index in [1.165, 1.54) is 0 Å². The molecule has 1 aromatic rings. The molecule has 2 heterocycles. The number of carbonyl (C=O) groups excluding carboxylic acids is 2. The van der Waals surface area contributed by atoms with Gasteiger partial charge in [0.2, 0.25) is 11.8 Å². The fourth-order valence-electron chi connectivity index (χ4n) is 3.89. The smallest absolute Gasteiger partial charge is 0.242 e. The van der Waals surface area contributed by atoms with Crippen LogP contribution in [0.4, 0.5) is 5.69 Å². The molecule has 3 rings (SSSR count). The molecule has 9 heteroatoms. The zero-order chi connectivity index (χ0) is 19.7. The second-order valence-corrected chi connectivity index (χ2v) is 9.78. The molecule has 2 amide bonds. The predicted octanol–water partition coefficient (Wildman–Crippen LogP) is 1.58. The van der Waals surface area contributed by atoms with Gasteiger partial charge in [-0.3, -0.25) is 9.59 Å². The van der Waals surface area contributed by atoms with Crippen molar-refractivity contribution in [3.63, 3.8) is 0 Å². The Labute approximate surface area is 172 Å². The first kappa shape index (κ1) is 22.6. The number of piperidine rings is 1. The van der Waals surface area contributed by atoms with Crippen molar-refractivity contribution in [1.82, 2.24) is 10.6 Å². The summed E-state index contributed by atoms with van der Waals surface area (Å²) in [5, 5.41) is 6.01. The van der Waals surface area contributed by atoms with Crippen LogP contribution < -0.4 is 15.5 Å². The third-order valence-electron chi connectivity index (χ3n) is 5.64. The fraction of sp³-hybridized carbons (Fsp3) is 0.579. The van der Waals surface area contributed by atoms with Crippen molar-refractivity contribution in [2.75, 3.05) is 30.8 Å². The van der Waals surface area contributed by atoms with Crippen molar-refractivity contribution in [1.29, 1.82) is 0 Å². The number of carbonyl (C=O) groups is 2. The van der Waals surface area contributed by atoms with Crippen LogP contribution in [0.25, 0.3) is 0 Å². The van der Waals surface area contributed by atoms with Crippen molar-refractivity contribution >= 4 is 39.7 Å². The van der Waals surface area contributed by atoms with Crippen LogP contribution in [0, 0.1) is 0 Å². The second kappa shape index (κ2) is 8.80. The van der Waals surface area contributed by atoms with Gasteiger partial charge in [-0.25, -0.2) is 8.42 Å². The minimum absolute atomic E-state index is 0. The van der Waals surface area contributed by atoms with Crippen LogP contribution >= 0.6 is 12.4 Å². The Morgan fingerprint density at radius 3 is 2.54 bits per heavy atom. The van der Waals surface area contributed by atoms with Crippen LogP contribution in [0.2, 0.25) is 0 Å². The predicted molar refractivity (Wildman–Crippen MR) is 112 cm³/mol. The first-order valence-corrected chi connectivity index (χ1v) is 11.3. The summed E-state index contributed by atoms with van der Waals surface area (Å²) in [4.78, 5) is 26.7. The number of halogens is 1. The molecule has 0 saturated carbocycles. The van der Waals surface area contributed by atoms with E-state index in [1.54, 1.807) is 4.90 Å². The lowest BCUT2D eigenvalue weighted by atomic mass is 9.95. The maximum Gasteiger partial charge on any atom is 0.242 e. The zero-order valence-electron chi connectivity index (χ0n) is 16.2. The highest BCUT2D eigenvalue weighted by Crippen LogP contribution is 2.30. The highest BCUT2D eigenvalue weighted by molar-refractivity contribution is 7.92. The van der Waals surface area contributed by atoms with Gasteiger partial charge in [-0.05, 0) is 57.0 Å². The van der Waals surface area contributed by atoms with E-state index in [4.69, 9.17) is 0 Å². The fourth-order valence-corrected chi connectivity index (χ4v) is 5.23. The molecule has 28 heavy (non-hydrogen) atoms. The van der Waals surface area contributed by atoms with Gasteiger partial charge in [0, 0.05) is 24.9 Å². The quantitative estimate of drug-likeness (QED) is 0.740. The topological polar surface area (TPSA) is 95.6 Å². The minimum Gasteiger partial charge on any atom is -0.348 e. The van der Waals surface area contributed by atoms with Gasteiger partial charge in [0.15, 0.2) is 14.6 Å². The van der Waals surface area contributed by atoms with Gasteiger partial charge in [-0.2, -0.15) is 0 Å². The van der Waals surface area contributed by atoms with E-state index >= 15 is 0 Å². The van der Waals surface area contributed by atoms with Gasteiger partial charge in [0.25, 0.3) is 0 Å². The molecule has 0 bridgehead atoms. The normalized spacial score (nSPS) is 20.4. The number of anilines is 1. The molecule has 0 radical (unpaired) electrons. The van der Waals surface area contributed by atoms with Crippen LogP contribution in [0.15, 0.2) is 24.3 Å². The molecular weight excluding hydrogens is 402 g/mol. The standard InChI is InChI=1S/C19H27N3O4S.ClH/c1-14(15-5-3-6-16(13-15)22-12-4-7-17(22)23)21-18(24)19(27(2,25)26)8-10-20-11-9-19;/h3,5-6,13-14,20H,4,7-12H2,1-2H3,(H,21,24);1H. The van der Waals surface area contributed by atoms with Crippen LogP contribution in [-0.4, -0.2) is 50.9 Å². The molecule has 1 atom stereocenters. The molecule has 2 aliphatic heterocycles. The first-order valence-electron chi connectivity index (χ1n) is 9.36. The first-order chi connectivity index (χ1) is 12.7.